The Hall–Kier alpha value is -3.15. The van der Waals surface area contributed by atoms with Gasteiger partial charge in [-0.3, -0.25) is 14.4 Å². The lowest BCUT2D eigenvalue weighted by Gasteiger charge is -2.31. The van der Waals surface area contributed by atoms with Gasteiger partial charge in [-0.05, 0) is 18.1 Å². The second-order valence-electron chi connectivity index (χ2n) is 5.88. The number of aliphatic carboxylic acids is 1. The van der Waals surface area contributed by atoms with Crippen molar-refractivity contribution >= 4 is 17.8 Å². The quantitative estimate of drug-likeness (QED) is 0.708. The highest BCUT2D eigenvalue weighted by Gasteiger charge is 2.38. The Kier molecular flexibility index (Phi) is 5.54. The molecule has 130 valence electrons. The molecule has 0 aliphatic rings. The van der Waals surface area contributed by atoms with Crippen LogP contribution in [0.3, 0.4) is 0 Å². The van der Waals surface area contributed by atoms with Crippen molar-refractivity contribution < 1.29 is 19.5 Å². The van der Waals surface area contributed by atoms with Crippen molar-refractivity contribution in [1.29, 1.82) is 0 Å². The first kappa shape index (κ1) is 18.2. The number of amides is 2. The van der Waals surface area contributed by atoms with Crippen LogP contribution in [-0.4, -0.2) is 28.9 Å². The number of hydrogen-bond donors (Lipinski definition) is 3. The zero-order valence-electron chi connectivity index (χ0n) is 13.8. The Bertz CT molecular complexity index is 720. The fraction of sp³-hybridized carbons (Fsp3) is 0.211. The molecular weight excluding hydrogens is 320 g/mol. The van der Waals surface area contributed by atoms with Crippen LogP contribution in [0.25, 0.3) is 0 Å². The summed E-state index contributed by atoms with van der Waals surface area (Å²) >= 11 is 0. The first-order valence-electron chi connectivity index (χ1n) is 7.79. The van der Waals surface area contributed by atoms with Crippen LogP contribution < -0.4 is 11.1 Å². The molecule has 2 rings (SSSR count). The molecule has 2 aromatic carbocycles. The van der Waals surface area contributed by atoms with Crippen LogP contribution in [0.2, 0.25) is 0 Å². The standard InChI is InChI=1S/C19H20N2O4/c1-19(13-8-4-2-5-9-13,14-10-6-3-7-11-14)18(25)21-15(17(20)24)12-16(22)23/h2-11,15H,12H2,1H3,(H2,20,24)(H,21,25)(H,22,23)/t15-/m1/s1. The second-order valence-corrected chi connectivity index (χ2v) is 5.88. The predicted molar refractivity (Wildman–Crippen MR) is 92.7 cm³/mol. The monoisotopic (exact) mass is 340 g/mol. The van der Waals surface area contributed by atoms with Crippen molar-refractivity contribution in [3.8, 4) is 0 Å². The van der Waals surface area contributed by atoms with E-state index in [1.54, 1.807) is 6.92 Å². The Balaban J connectivity index is 2.44. The molecule has 0 spiro atoms. The van der Waals surface area contributed by atoms with Gasteiger partial charge < -0.3 is 16.2 Å². The maximum atomic E-state index is 13.1. The van der Waals surface area contributed by atoms with Gasteiger partial charge >= 0.3 is 5.97 Å². The first-order chi connectivity index (χ1) is 11.9. The van der Waals surface area contributed by atoms with Gasteiger partial charge in [0, 0.05) is 0 Å². The summed E-state index contributed by atoms with van der Waals surface area (Å²) in [5.41, 5.74) is 5.57. The van der Waals surface area contributed by atoms with Crippen LogP contribution in [-0.2, 0) is 19.8 Å². The Morgan fingerprint density at radius 1 is 1.00 bits per heavy atom. The fourth-order valence-electron chi connectivity index (χ4n) is 2.67. The van der Waals surface area contributed by atoms with Gasteiger partial charge in [0.15, 0.2) is 0 Å². The summed E-state index contributed by atoms with van der Waals surface area (Å²) in [5, 5.41) is 11.4. The molecule has 4 N–H and O–H groups in total. The highest BCUT2D eigenvalue weighted by molar-refractivity contribution is 5.96. The first-order valence-corrected chi connectivity index (χ1v) is 7.79. The number of nitrogens with two attached hydrogens (primary N) is 1. The molecule has 0 saturated carbocycles. The van der Waals surface area contributed by atoms with Gasteiger partial charge in [0.05, 0.1) is 11.8 Å². The molecule has 0 heterocycles. The molecule has 1 atom stereocenters. The summed E-state index contributed by atoms with van der Waals surface area (Å²) in [6.07, 6.45) is -0.569. The Labute approximate surface area is 145 Å². The van der Waals surface area contributed by atoms with E-state index in [1.165, 1.54) is 0 Å². The van der Waals surface area contributed by atoms with Crippen LogP contribution in [0.4, 0.5) is 0 Å². The molecule has 2 aromatic rings. The molecule has 0 bridgehead atoms. The van der Waals surface area contributed by atoms with Crippen molar-refractivity contribution in [1.82, 2.24) is 5.32 Å². The minimum atomic E-state index is -1.28. The minimum Gasteiger partial charge on any atom is -0.481 e. The van der Waals surface area contributed by atoms with E-state index in [4.69, 9.17) is 10.8 Å². The zero-order valence-corrected chi connectivity index (χ0v) is 13.8. The molecule has 0 fully saturated rings. The summed E-state index contributed by atoms with van der Waals surface area (Å²) in [7, 11) is 0. The summed E-state index contributed by atoms with van der Waals surface area (Å²) in [5.74, 6) is -2.60. The van der Waals surface area contributed by atoms with Crippen molar-refractivity contribution in [2.45, 2.75) is 24.8 Å². The molecule has 0 aromatic heterocycles. The number of carboxylic acid groups (broad SMARTS) is 1. The van der Waals surface area contributed by atoms with E-state index in [2.05, 4.69) is 5.32 Å². The molecule has 0 aliphatic carbocycles. The predicted octanol–water partition coefficient (Wildman–Crippen LogP) is 1.44. The van der Waals surface area contributed by atoms with Crippen LogP contribution in [0.5, 0.6) is 0 Å². The molecule has 0 unspecified atom stereocenters. The zero-order chi connectivity index (χ0) is 18.4. The molecule has 6 heteroatoms. The molecule has 0 saturated heterocycles. The third kappa shape index (κ3) is 4.03. The summed E-state index contributed by atoms with van der Waals surface area (Å²) in [4.78, 5) is 35.5. The number of hydrogen-bond acceptors (Lipinski definition) is 3. The number of primary amides is 1. The molecule has 0 radical (unpaired) electrons. The minimum absolute atomic E-state index is 0.491. The van der Waals surface area contributed by atoms with E-state index in [-0.39, 0.29) is 0 Å². The summed E-state index contributed by atoms with van der Waals surface area (Å²) in [6, 6.07) is 16.9. The third-order valence-corrected chi connectivity index (χ3v) is 4.18. The number of benzene rings is 2. The van der Waals surface area contributed by atoms with Crippen LogP contribution >= 0.6 is 0 Å². The lowest BCUT2D eigenvalue weighted by molar-refractivity contribution is -0.140. The summed E-state index contributed by atoms with van der Waals surface area (Å²) in [6.45, 7) is 1.73. The second kappa shape index (κ2) is 7.61. The average molecular weight is 340 g/mol. The van der Waals surface area contributed by atoms with Gasteiger partial charge in [-0.25, -0.2) is 0 Å². The number of rotatable bonds is 7. The van der Waals surface area contributed by atoms with Gasteiger partial charge in [0.2, 0.25) is 11.8 Å². The van der Waals surface area contributed by atoms with Gasteiger partial charge in [0.25, 0.3) is 0 Å². The topological polar surface area (TPSA) is 109 Å². The van der Waals surface area contributed by atoms with E-state index in [9.17, 15) is 14.4 Å². The van der Waals surface area contributed by atoms with Crippen molar-refractivity contribution in [2.24, 2.45) is 5.73 Å². The average Bonchev–Trinajstić information content (AvgIpc) is 2.61. The normalized spacial score (nSPS) is 12.2. The van der Waals surface area contributed by atoms with E-state index in [1.807, 2.05) is 60.7 Å². The Morgan fingerprint density at radius 3 is 1.80 bits per heavy atom. The Morgan fingerprint density at radius 2 is 1.44 bits per heavy atom. The molecule has 6 nitrogen and oxygen atoms in total. The van der Waals surface area contributed by atoms with Crippen molar-refractivity contribution in [3.05, 3.63) is 71.8 Å². The molecule has 2 amide bonds. The van der Waals surface area contributed by atoms with Gasteiger partial charge in [-0.2, -0.15) is 0 Å². The largest absolute Gasteiger partial charge is 0.481 e. The van der Waals surface area contributed by atoms with Gasteiger partial charge in [-0.1, -0.05) is 60.7 Å². The van der Waals surface area contributed by atoms with E-state index in [0.717, 1.165) is 11.1 Å². The van der Waals surface area contributed by atoms with Crippen LogP contribution in [0, 0.1) is 0 Å². The number of carbonyl (C=O) groups is 3. The fourth-order valence-corrected chi connectivity index (χ4v) is 2.67. The smallest absolute Gasteiger partial charge is 0.305 e. The maximum absolute atomic E-state index is 13.1. The SMILES string of the molecule is CC(C(=O)N[C@H](CC(=O)O)C(N)=O)(c1ccccc1)c1ccccc1. The number of carbonyl (C=O) groups excluding carboxylic acids is 2. The van der Waals surface area contributed by atoms with Gasteiger partial charge in [-0.15, -0.1) is 0 Å². The van der Waals surface area contributed by atoms with Crippen LogP contribution in [0.15, 0.2) is 60.7 Å². The van der Waals surface area contributed by atoms with E-state index >= 15 is 0 Å². The highest BCUT2D eigenvalue weighted by atomic mass is 16.4. The molecule has 0 aliphatic heterocycles. The molecule has 25 heavy (non-hydrogen) atoms. The number of nitrogens with one attached hydrogen (secondary N) is 1. The maximum Gasteiger partial charge on any atom is 0.305 e. The lowest BCUT2D eigenvalue weighted by Crippen LogP contribution is -2.52. The van der Waals surface area contributed by atoms with Crippen LogP contribution in [0.1, 0.15) is 24.5 Å². The number of carboxylic acids is 1. The van der Waals surface area contributed by atoms with Crippen molar-refractivity contribution in [2.75, 3.05) is 0 Å². The molecular formula is C19H20N2O4. The van der Waals surface area contributed by atoms with Gasteiger partial charge in [0.1, 0.15) is 6.04 Å². The third-order valence-electron chi connectivity index (χ3n) is 4.18. The van der Waals surface area contributed by atoms with Crippen molar-refractivity contribution in [3.63, 3.8) is 0 Å². The van der Waals surface area contributed by atoms with E-state index in [0.29, 0.717) is 0 Å². The summed E-state index contributed by atoms with van der Waals surface area (Å²) < 4.78 is 0. The highest BCUT2D eigenvalue weighted by Crippen LogP contribution is 2.32. The van der Waals surface area contributed by atoms with E-state index < -0.39 is 35.7 Å². The lowest BCUT2D eigenvalue weighted by atomic mass is 9.75.